The SMILES string of the molecule is CC(OC(=O)c1ccccc1S(C)(=O)=O)C(=O)Nc1ccc(Cl)cc1F. The van der Waals surface area contributed by atoms with E-state index in [1.807, 2.05) is 0 Å². The third-order valence-corrected chi connectivity index (χ3v) is 4.74. The number of ether oxygens (including phenoxy) is 1. The molecule has 2 rings (SSSR count). The lowest BCUT2D eigenvalue weighted by atomic mass is 10.2. The average molecular weight is 400 g/mol. The molecule has 0 heterocycles. The van der Waals surface area contributed by atoms with E-state index in [4.69, 9.17) is 16.3 Å². The number of hydrogen-bond acceptors (Lipinski definition) is 5. The van der Waals surface area contributed by atoms with Crippen molar-refractivity contribution in [3.8, 4) is 0 Å². The van der Waals surface area contributed by atoms with E-state index < -0.39 is 33.6 Å². The van der Waals surface area contributed by atoms with Crippen LogP contribution in [-0.4, -0.2) is 32.7 Å². The predicted octanol–water partition coefficient (Wildman–Crippen LogP) is 3.07. The van der Waals surface area contributed by atoms with Gasteiger partial charge in [0.25, 0.3) is 5.91 Å². The monoisotopic (exact) mass is 399 g/mol. The van der Waals surface area contributed by atoms with E-state index in [0.29, 0.717) is 0 Å². The second-order valence-electron chi connectivity index (χ2n) is 5.43. The molecule has 0 bridgehead atoms. The van der Waals surface area contributed by atoms with Crippen molar-refractivity contribution >= 4 is 39.0 Å². The molecular formula is C17H15ClFNO5S. The number of esters is 1. The first-order chi connectivity index (χ1) is 12.1. The number of amides is 1. The number of carbonyl (C=O) groups excluding carboxylic acids is 2. The van der Waals surface area contributed by atoms with Crippen LogP contribution in [0.25, 0.3) is 0 Å². The van der Waals surface area contributed by atoms with Gasteiger partial charge in [-0.15, -0.1) is 0 Å². The highest BCUT2D eigenvalue weighted by molar-refractivity contribution is 7.90. The molecule has 1 amide bonds. The van der Waals surface area contributed by atoms with E-state index in [2.05, 4.69) is 5.32 Å². The van der Waals surface area contributed by atoms with Crippen LogP contribution in [-0.2, 0) is 19.4 Å². The van der Waals surface area contributed by atoms with Gasteiger partial charge in [-0.25, -0.2) is 17.6 Å². The van der Waals surface area contributed by atoms with Crippen LogP contribution in [0.5, 0.6) is 0 Å². The van der Waals surface area contributed by atoms with Gasteiger partial charge in [0.15, 0.2) is 15.9 Å². The predicted molar refractivity (Wildman–Crippen MR) is 94.5 cm³/mol. The molecule has 26 heavy (non-hydrogen) atoms. The smallest absolute Gasteiger partial charge is 0.340 e. The highest BCUT2D eigenvalue weighted by Gasteiger charge is 2.24. The van der Waals surface area contributed by atoms with E-state index in [9.17, 15) is 22.4 Å². The Morgan fingerprint density at radius 1 is 1.19 bits per heavy atom. The molecule has 0 aliphatic heterocycles. The number of anilines is 1. The van der Waals surface area contributed by atoms with Gasteiger partial charge in [0.1, 0.15) is 5.82 Å². The van der Waals surface area contributed by atoms with Crippen molar-refractivity contribution in [1.82, 2.24) is 0 Å². The number of benzene rings is 2. The minimum Gasteiger partial charge on any atom is -0.449 e. The van der Waals surface area contributed by atoms with Crippen molar-refractivity contribution in [2.45, 2.75) is 17.9 Å². The van der Waals surface area contributed by atoms with Crippen LogP contribution in [0.3, 0.4) is 0 Å². The van der Waals surface area contributed by atoms with Gasteiger partial charge in [0.05, 0.1) is 16.1 Å². The number of hydrogen-bond donors (Lipinski definition) is 1. The first-order valence-electron chi connectivity index (χ1n) is 7.35. The standard InChI is InChI=1S/C17H15ClFNO5S/c1-10(16(21)20-14-8-7-11(18)9-13(14)19)25-17(22)12-5-3-4-6-15(12)26(2,23)24/h3-10H,1-2H3,(H,20,21). The number of carbonyl (C=O) groups is 2. The fraction of sp³-hybridized carbons (Fsp3) is 0.176. The summed E-state index contributed by atoms with van der Waals surface area (Å²) >= 11 is 5.63. The fourth-order valence-corrected chi connectivity index (χ4v) is 3.10. The maximum atomic E-state index is 13.7. The summed E-state index contributed by atoms with van der Waals surface area (Å²) in [4.78, 5) is 24.1. The van der Waals surface area contributed by atoms with Gasteiger partial charge >= 0.3 is 5.97 Å². The Kier molecular flexibility index (Phi) is 5.99. The maximum absolute atomic E-state index is 13.7. The van der Waals surface area contributed by atoms with E-state index in [1.54, 1.807) is 0 Å². The highest BCUT2D eigenvalue weighted by Crippen LogP contribution is 2.20. The van der Waals surface area contributed by atoms with E-state index >= 15 is 0 Å². The van der Waals surface area contributed by atoms with Crippen LogP contribution in [0, 0.1) is 5.82 Å². The van der Waals surface area contributed by atoms with Crippen molar-refractivity contribution in [1.29, 1.82) is 0 Å². The number of nitrogens with one attached hydrogen (secondary N) is 1. The summed E-state index contributed by atoms with van der Waals surface area (Å²) in [6.07, 6.45) is -0.330. The Morgan fingerprint density at radius 3 is 2.46 bits per heavy atom. The van der Waals surface area contributed by atoms with Gasteiger partial charge in [-0.1, -0.05) is 23.7 Å². The van der Waals surface area contributed by atoms with Gasteiger partial charge in [-0.2, -0.15) is 0 Å². The first kappa shape index (κ1) is 19.9. The van der Waals surface area contributed by atoms with Crippen molar-refractivity contribution in [3.05, 3.63) is 58.9 Å². The van der Waals surface area contributed by atoms with Gasteiger partial charge in [-0.3, -0.25) is 4.79 Å². The second-order valence-corrected chi connectivity index (χ2v) is 7.85. The molecule has 138 valence electrons. The van der Waals surface area contributed by atoms with Crippen LogP contribution in [0.2, 0.25) is 5.02 Å². The molecule has 0 spiro atoms. The average Bonchev–Trinajstić information content (AvgIpc) is 2.56. The Balaban J connectivity index is 2.13. The number of rotatable bonds is 5. The molecule has 2 aromatic carbocycles. The Bertz CT molecular complexity index is 961. The molecule has 1 unspecified atom stereocenters. The quantitative estimate of drug-likeness (QED) is 0.780. The maximum Gasteiger partial charge on any atom is 0.340 e. The zero-order chi connectivity index (χ0) is 19.5. The van der Waals surface area contributed by atoms with Gasteiger partial charge in [0, 0.05) is 11.3 Å². The fourth-order valence-electron chi connectivity index (χ4n) is 2.06. The Morgan fingerprint density at radius 2 is 1.85 bits per heavy atom. The van der Waals surface area contributed by atoms with E-state index in [-0.39, 0.29) is 21.2 Å². The summed E-state index contributed by atoms with van der Waals surface area (Å²) < 4.78 is 42.2. The lowest BCUT2D eigenvalue weighted by molar-refractivity contribution is -0.123. The van der Waals surface area contributed by atoms with E-state index in [0.717, 1.165) is 12.3 Å². The first-order valence-corrected chi connectivity index (χ1v) is 9.62. The molecule has 1 N–H and O–H groups in total. The summed E-state index contributed by atoms with van der Waals surface area (Å²) in [6.45, 7) is 1.28. The van der Waals surface area contributed by atoms with Crippen LogP contribution < -0.4 is 5.32 Å². The lowest BCUT2D eigenvalue weighted by Crippen LogP contribution is -2.30. The molecule has 0 saturated heterocycles. The summed E-state index contributed by atoms with van der Waals surface area (Å²) in [5, 5.41) is 2.44. The van der Waals surface area contributed by atoms with Gasteiger partial charge in [-0.05, 0) is 37.3 Å². The zero-order valence-corrected chi connectivity index (χ0v) is 15.4. The largest absolute Gasteiger partial charge is 0.449 e. The number of sulfone groups is 1. The van der Waals surface area contributed by atoms with Crippen LogP contribution in [0.1, 0.15) is 17.3 Å². The molecule has 6 nitrogen and oxygen atoms in total. The van der Waals surface area contributed by atoms with Gasteiger partial charge < -0.3 is 10.1 Å². The minimum absolute atomic E-state index is 0.126. The molecule has 0 saturated carbocycles. The van der Waals surface area contributed by atoms with Gasteiger partial charge in [0.2, 0.25) is 0 Å². The summed E-state index contributed by atoms with van der Waals surface area (Å²) in [7, 11) is -3.66. The molecule has 9 heteroatoms. The van der Waals surface area contributed by atoms with Crippen molar-refractivity contribution < 1.29 is 27.1 Å². The summed E-state index contributed by atoms with van der Waals surface area (Å²) in [6, 6.07) is 9.16. The highest BCUT2D eigenvalue weighted by atomic mass is 35.5. The molecular weight excluding hydrogens is 385 g/mol. The molecule has 0 aromatic heterocycles. The third-order valence-electron chi connectivity index (χ3n) is 3.35. The molecule has 2 aromatic rings. The van der Waals surface area contributed by atoms with Crippen LogP contribution in [0.4, 0.5) is 10.1 Å². The molecule has 0 fully saturated rings. The Labute approximate surface area is 154 Å². The second kappa shape index (κ2) is 7.84. The van der Waals surface area contributed by atoms with Crippen molar-refractivity contribution in [2.75, 3.05) is 11.6 Å². The Hall–Kier alpha value is -2.45. The zero-order valence-electron chi connectivity index (χ0n) is 13.8. The topological polar surface area (TPSA) is 89.5 Å². The van der Waals surface area contributed by atoms with Crippen molar-refractivity contribution in [3.63, 3.8) is 0 Å². The summed E-state index contributed by atoms with van der Waals surface area (Å²) in [5.41, 5.74) is -0.314. The van der Waals surface area contributed by atoms with E-state index in [1.165, 1.54) is 43.3 Å². The summed E-state index contributed by atoms with van der Waals surface area (Å²) in [5.74, 6) is -2.51. The number of halogens is 2. The molecule has 0 radical (unpaired) electrons. The van der Waals surface area contributed by atoms with Crippen LogP contribution in [0.15, 0.2) is 47.4 Å². The molecule has 0 aliphatic rings. The van der Waals surface area contributed by atoms with Crippen LogP contribution >= 0.6 is 11.6 Å². The minimum atomic E-state index is -3.66. The van der Waals surface area contributed by atoms with Crippen molar-refractivity contribution in [2.24, 2.45) is 0 Å². The molecule has 0 aliphatic carbocycles. The normalized spacial score (nSPS) is 12.3. The lowest BCUT2D eigenvalue weighted by Gasteiger charge is -2.15. The molecule has 1 atom stereocenters. The third kappa shape index (κ3) is 4.80.